The Hall–Kier alpha value is -1.25. The molecule has 6 rings (SSSR count). The number of hydrogen-bond donors (Lipinski definition) is 2. The summed E-state index contributed by atoms with van der Waals surface area (Å²) in [5, 5.41) is 21.3. The Morgan fingerprint density at radius 2 is 1.78 bits per heavy atom. The first-order valence-corrected chi connectivity index (χ1v) is 14.2. The van der Waals surface area contributed by atoms with Crippen LogP contribution in [0.25, 0.3) is 0 Å². The molecule has 5 saturated heterocycles. The van der Waals surface area contributed by atoms with Gasteiger partial charge in [0, 0.05) is 12.8 Å². The summed E-state index contributed by atoms with van der Waals surface area (Å²) in [7, 11) is 0. The van der Waals surface area contributed by atoms with Gasteiger partial charge in [-0.2, -0.15) is 0 Å². The topological polar surface area (TPSA) is 94.5 Å². The van der Waals surface area contributed by atoms with Gasteiger partial charge in [-0.15, -0.1) is 0 Å². The minimum atomic E-state index is -1.32. The fourth-order valence-electron chi connectivity index (χ4n) is 7.82. The maximum absolute atomic E-state index is 12.0. The molecule has 0 radical (unpaired) electrons. The van der Waals surface area contributed by atoms with E-state index in [0.717, 1.165) is 44.9 Å². The van der Waals surface area contributed by atoms with E-state index in [1.165, 1.54) is 5.57 Å². The van der Waals surface area contributed by atoms with Crippen molar-refractivity contribution in [2.24, 2.45) is 23.2 Å². The lowest BCUT2D eigenvalue weighted by Gasteiger charge is -2.66. The van der Waals surface area contributed by atoms with Crippen molar-refractivity contribution in [2.45, 2.75) is 121 Å². The maximum Gasteiger partial charge on any atom is 0.336 e. The van der Waals surface area contributed by atoms with Crippen LogP contribution < -0.4 is 0 Å². The largest absolute Gasteiger partial charge is 0.459 e. The predicted octanol–water partition coefficient (Wildman–Crippen LogP) is 4.80. The lowest BCUT2D eigenvalue weighted by molar-refractivity contribution is -0.522. The number of carbonyl (C=O) groups is 1. The predicted molar refractivity (Wildman–Crippen MR) is 138 cm³/mol. The number of rotatable bonds is 5. The normalized spacial score (nSPS) is 46.0. The number of aliphatic hydroxyl groups excluding tert-OH is 1. The molecule has 7 nitrogen and oxygen atoms in total. The Balaban J connectivity index is 1.19. The fraction of sp³-hybridized carbons (Fsp3) is 0.833. The zero-order chi connectivity index (χ0) is 26.9. The van der Waals surface area contributed by atoms with Crippen LogP contribution in [0.3, 0.4) is 0 Å². The molecule has 5 aliphatic heterocycles. The van der Waals surface area contributed by atoms with Crippen LogP contribution in [0.1, 0.15) is 92.4 Å². The van der Waals surface area contributed by atoms with Gasteiger partial charge in [0.1, 0.15) is 23.9 Å². The van der Waals surface area contributed by atoms with Gasteiger partial charge in [-0.25, -0.2) is 4.79 Å². The van der Waals surface area contributed by atoms with Gasteiger partial charge in [0.05, 0.1) is 12.2 Å². The molecule has 7 heteroatoms. The lowest BCUT2D eigenvalue weighted by atomic mass is 9.58. The highest BCUT2D eigenvalue weighted by atomic mass is 16.8. The van der Waals surface area contributed by atoms with E-state index in [9.17, 15) is 15.0 Å². The molecule has 37 heavy (non-hydrogen) atoms. The Labute approximate surface area is 221 Å². The van der Waals surface area contributed by atoms with E-state index >= 15 is 0 Å². The van der Waals surface area contributed by atoms with E-state index in [-0.39, 0.29) is 17.9 Å². The summed E-state index contributed by atoms with van der Waals surface area (Å²) in [5.74, 6) is -1.34. The summed E-state index contributed by atoms with van der Waals surface area (Å²) >= 11 is 0. The third kappa shape index (κ3) is 4.43. The molecule has 208 valence electrons. The van der Waals surface area contributed by atoms with E-state index in [1.54, 1.807) is 0 Å². The maximum atomic E-state index is 12.0. The number of esters is 1. The summed E-state index contributed by atoms with van der Waals surface area (Å²) in [4.78, 5) is 12.0. The van der Waals surface area contributed by atoms with Gasteiger partial charge in [-0.05, 0) is 88.9 Å². The van der Waals surface area contributed by atoms with Crippen molar-refractivity contribution in [2.75, 3.05) is 13.2 Å². The molecule has 7 atom stereocenters. The average Bonchev–Trinajstić information content (AvgIpc) is 3.13. The molecule has 0 aromatic heterocycles. The van der Waals surface area contributed by atoms with Crippen molar-refractivity contribution >= 4 is 5.97 Å². The molecule has 6 aliphatic rings. The number of allylic oxidation sites excluding steroid dienone is 2. The highest BCUT2D eigenvalue weighted by Crippen LogP contribution is 2.59. The highest BCUT2D eigenvalue weighted by Gasteiger charge is 2.71. The molecule has 5 heterocycles. The number of carbonyl (C=O) groups excluding carboxylic acids is 1. The minimum Gasteiger partial charge on any atom is -0.459 e. The summed E-state index contributed by atoms with van der Waals surface area (Å²) in [5.41, 5.74) is 0.353. The molecular weight excluding hydrogens is 472 g/mol. The Morgan fingerprint density at radius 1 is 1.03 bits per heavy atom. The van der Waals surface area contributed by atoms with Crippen LogP contribution >= 0.6 is 0 Å². The SMILES string of the molecule is C=C1CC[C@@H](CC[C@@H]2CC[C@]3(OC2)O[C@@]2(O)CC[C@]3(C)OC2(C)C)C(C)(C)[C@H]1C/C=C1\C(=O)OC[C@H]1O. The Morgan fingerprint density at radius 3 is 2.41 bits per heavy atom. The summed E-state index contributed by atoms with van der Waals surface area (Å²) in [6.45, 7) is 15.6. The summed E-state index contributed by atoms with van der Waals surface area (Å²) in [6.07, 6.45) is 9.09. The Bertz CT molecular complexity index is 959. The zero-order valence-corrected chi connectivity index (χ0v) is 23.3. The zero-order valence-electron chi connectivity index (χ0n) is 23.3. The standard InChI is InChI=1S/C30H46O7/c1-19-7-9-21(26(2,3)23(19)12-11-22-24(31)18-34-25(22)32)10-8-20-13-14-30(35-17-20)28(6)15-16-29(33,37-30)27(4,5)36-28/h11,20-21,23-24,31,33H,1,7-10,12-18H2,2-6H3/b22-11-/t20-,21+,23+,24-,28+,29+,30+/m1/s1. The number of fused-ring (bicyclic) bond motifs is 2. The van der Waals surface area contributed by atoms with Gasteiger partial charge in [-0.1, -0.05) is 32.1 Å². The first-order valence-electron chi connectivity index (χ1n) is 14.2. The molecule has 6 fully saturated rings. The third-order valence-electron chi connectivity index (χ3n) is 10.7. The molecule has 1 aliphatic carbocycles. The van der Waals surface area contributed by atoms with Crippen molar-refractivity contribution in [1.82, 2.24) is 0 Å². The fourth-order valence-corrected chi connectivity index (χ4v) is 7.82. The molecular formula is C30H46O7. The van der Waals surface area contributed by atoms with Gasteiger partial charge in [0.25, 0.3) is 0 Å². The number of cyclic esters (lactones) is 1. The van der Waals surface area contributed by atoms with Gasteiger partial charge in [0.2, 0.25) is 5.79 Å². The van der Waals surface area contributed by atoms with Crippen molar-refractivity contribution in [3.63, 3.8) is 0 Å². The van der Waals surface area contributed by atoms with Gasteiger partial charge >= 0.3 is 5.97 Å². The minimum absolute atomic E-state index is 0.0401. The first-order chi connectivity index (χ1) is 17.2. The molecule has 1 spiro atoms. The average molecular weight is 519 g/mol. The molecule has 1 saturated carbocycles. The molecule has 0 aromatic carbocycles. The van der Waals surface area contributed by atoms with Gasteiger partial charge in [0.15, 0.2) is 5.79 Å². The molecule has 0 amide bonds. The van der Waals surface area contributed by atoms with Gasteiger partial charge < -0.3 is 29.2 Å². The first kappa shape index (κ1) is 27.3. The van der Waals surface area contributed by atoms with Crippen LogP contribution in [0.5, 0.6) is 0 Å². The van der Waals surface area contributed by atoms with Crippen LogP contribution in [0.2, 0.25) is 0 Å². The van der Waals surface area contributed by atoms with Crippen LogP contribution in [-0.4, -0.2) is 58.3 Å². The smallest absolute Gasteiger partial charge is 0.336 e. The van der Waals surface area contributed by atoms with Crippen LogP contribution in [-0.2, 0) is 23.7 Å². The van der Waals surface area contributed by atoms with E-state index in [4.69, 9.17) is 18.9 Å². The summed E-state index contributed by atoms with van der Waals surface area (Å²) in [6, 6.07) is 0. The molecule has 0 aromatic rings. The van der Waals surface area contributed by atoms with Crippen molar-refractivity contribution in [1.29, 1.82) is 0 Å². The molecule has 2 N–H and O–H groups in total. The van der Waals surface area contributed by atoms with E-state index in [1.807, 2.05) is 19.9 Å². The second kappa shape index (κ2) is 9.16. The van der Waals surface area contributed by atoms with Crippen molar-refractivity contribution < 1.29 is 34.0 Å². The number of aliphatic hydroxyl groups is 2. The van der Waals surface area contributed by atoms with Gasteiger partial charge in [-0.3, -0.25) is 0 Å². The molecule has 0 unspecified atom stereocenters. The van der Waals surface area contributed by atoms with Crippen LogP contribution in [0.15, 0.2) is 23.8 Å². The third-order valence-corrected chi connectivity index (χ3v) is 10.7. The highest BCUT2D eigenvalue weighted by molar-refractivity contribution is 5.91. The monoisotopic (exact) mass is 518 g/mol. The van der Waals surface area contributed by atoms with E-state index in [2.05, 4.69) is 27.4 Å². The summed E-state index contributed by atoms with van der Waals surface area (Å²) < 4.78 is 24.2. The lowest BCUT2D eigenvalue weighted by Crippen LogP contribution is -2.78. The second-order valence-corrected chi connectivity index (χ2v) is 13.6. The second-order valence-electron chi connectivity index (χ2n) is 13.6. The van der Waals surface area contributed by atoms with Crippen LogP contribution in [0, 0.1) is 23.2 Å². The number of ether oxygens (including phenoxy) is 4. The van der Waals surface area contributed by atoms with E-state index in [0.29, 0.717) is 36.9 Å². The van der Waals surface area contributed by atoms with Crippen LogP contribution in [0.4, 0.5) is 0 Å². The Kier molecular flexibility index (Phi) is 6.76. The van der Waals surface area contributed by atoms with Crippen molar-refractivity contribution in [3.8, 4) is 0 Å². The quantitative estimate of drug-likeness (QED) is 0.307. The van der Waals surface area contributed by atoms with Crippen molar-refractivity contribution in [3.05, 3.63) is 23.8 Å². The van der Waals surface area contributed by atoms with E-state index < -0.39 is 34.8 Å². The number of hydrogen-bond acceptors (Lipinski definition) is 7. The molecule has 2 bridgehead atoms.